The summed E-state index contributed by atoms with van der Waals surface area (Å²) in [6, 6.07) is 0. The van der Waals surface area contributed by atoms with Crippen LogP contribution in [0.3, 0.4) is 0 Å². The molecule has 0 bridgehead atoms. The van der Waals surface area contributed by atoms with Crippen LogP contribution in [0.1, 0.15) is 26.2 Å². The lowest BCUT2D eigenvalue weighted by molar-refractivity contribution is -0.137. The number of carbonyl (C=O) groups is 1. The molecule has 1 atom stereocenters. The first-order valence-electron chi connectivity index (χ1n) is 4.66. The molecule has 5 N–H and O–H groups in total. The molecule has 0 amide bonds. The molecule has 0 aliphatic heterocycles. The molecule has 0 rings (SSSR count). The van der Waals surface area contributed by atoms with Gasteiger partial charge in [0.1, 0.15) is 0 Å². The van der Waals surface area contributed by atoms with Crippen LogP contribution in [0.15, 0.2) is 0 Å². The fraction of sp³-hybridized carbons (Fsp3) is 0.889. The Kier molecular flexibility index (Phi) is 5.68. The van der Waals surface area contributed by atoms with Crippen molar-refractivity contribution in [3.8, 4) is 0 Å². The van der Waals surface area contributed by atoms with Gasteiger partial charge in [-0.05, 0) is 18.8 Å². The van der Waals surface area contributed by atoms with Crippen molar-refractivity contribution in [2.45, 2.75) is 31.7 Å². The van der Waals surface area contributed by atoms with E-state index in [4.69, 9.17) is 21.1 Å². The van der Waals surface area contributed by atoms with Crippen molar-refractivity contribution in [2.24, 2.45) is 11.7 Å². The van der Waals surface area contributed by atoms with Gasteiger partial charge in [0.25, 0.3) is 0 Å². The predicted octanol–water partition coefficient (Wildman–Crippen LogP) is -0.440. The highest BCUT2D eigenvalue weighted by molar-refractivity contribution is 5.66. The van der Waals surface area contributed by atoms with Gasteiger partial charge in [-0.1, -0.05) is 6.92 Å². The van der Waals surface area contributed by atoms with E-state index in [0.29, 0.717) is 12.8 Å². The smallest absolute Gasteiger partial charge is 0.303 e. The van der Waals surface area contributed by atoms with E-state index in [1.165, 1.54) is 0 Å². The molecule has 0 aromatic heterocycles. The van der Waals surface area contributed by atoms with Crippen LogP contribution in [0.25, 0.3) is 0 Å². The highest BCUT2D eigenvalue weighted by Crippen LogP contribution is 2.18. The molecular weight excluding hydrogens is 186 g/mol. The van der Waals surface area contributed by atoms with Crippen molar-refractivity contribution in [1.29, 1.82) is 0 Å². The summed E-state index contributed by atoms with van der Waals surface area (Å²) in [6.07, 6.45) is 1.02. The molecule has 0 radical (unpaired) electrons. The molecule has 0 heterocycles. The van der Waals surface area contributed by atoms with E-state index in [1.807, 2.05) is 6.92 Å². The summed E-state index contributed by atoms with van der Waals surface area (Å²) in [6.45, 7) is 1.28. The Balaban J connectivity index is 3.90. The fourth-order valence-corrected chi connectivity index (χ4v) is 1.35. The molecule has 14 heavy (non-hydrogen) atoms. The SMILES string of the molecule is CC(CCC(=O)O)CC(N)(CO)CO. The number of carboxylic acid groups (broad SMARTS) is 1. The maximum atomic E-state index is 10.3. The normalized spacial score (nSPS) is 14.0. The second kappa shape index (κ2) is 5.95. The minimum atomic E-state index is -0.988. The third-order valence-corrected chi connectivity index (χ3v) is 2.24. The monoisotopic (exact) mass is 205 g/mol. The maximum absolute atomic E-state index is 10.3. The van der Waals surface area contributed by atoms with Gasteiger partial charge in [0.2, 0.25) is 0 Å². The minimum absolute atomic E-state index is 0.0791. The van der Waals surface area contributed by atoms with E-state index in [0.717, 1.165) is 0 Å². The molecule has 0 aromatic rings. The van der Waals surface area contributed by atoms with Gasteiger partial charge >= 0.3 is 5.97 Å². The second-order valence-electron chi connectivity index (χ2n) is 3.92. The standard InChI is InChI=1S/C9H19NO4/c1-7(2-3-8(13)14)4-9(10,5-11)6-12/h7,11-12H,2-6,10H2,1H3,(H,13,14). The highest BCUT2D eigenvalue weighted by Gasteiger charge is 2.25. The lowest BCUT2D eigenvalue weighted by Crippen LogP contribution is -2.48. The van der Waals surface area contributed by atoms with Gasteiger partial charge in [0.15, 0.2) is 0 Å². The van der Waals surface area contributed by atoms with Crippen molar-refractivity contribution in [3.63, 3.8) is 0 Å². The number of hydrogen-bond acceptors (Lipinski definition) is 4. The van der Waals surface area contributed by atoms with Crippen LogP contribution in [0.2, 0.25) is 0 Å². The quantitative estimate of drug-likeness (QED) is 0.451. The average molecular weight is 205 g/mol. The van der Waals surface area contributed by atoms with E-state index in [2.05, 4.69) is 0 Å². The van der Waals surface area contributed by atoms with E-state index in [1.54, 1.807) is 0 Å². The first-order valence-corrected chi connectivity index (χ1v) is 4.66. The Bertz CT molecular complexity index is 180. The zero-order valence-corrected chi connectivity index (χ0v) is 8.44. The largest absolute Gasteiger partial charge is 0.481 e. The first kappa shape index (κ1) is 13.4. The zero-order valence-electron chi connectivity index (χ0n) is 8.44. The minimum Gasteiger partial charge on any atom is -0.481 e. The summed E-state index contributed by atoms with van der Waals surface area (Å²) in [5.41, 5.74) is 4.67. The van der Waals surface area contributed by atoms with Gasteiger partial charge in [-0.25, -0.2) is 0 Å². The molecule has 0 aliphatic carbocycles. The molecule has 84 valence electrons. The van der Waals surface area contributed by atoms with Crippen LogP contribution in [0.4, 0.5) is 0 Å². The van der Waals surface area contributed by atoms with Crippen LogP contribution >= 0.6 is 0 Å². The van der Waals surface area contributed by atoms with E-state index in [-0.39, 0.29) is 25.6 Å². The first-order chi connectivity index (χ1) is 6.43. The van der Waals surface area contributed by atoms with Crippen LogP contribution in [0.5, 0.6) is 0 Å². The molecule has 0 aliphatic rings. The summed E-state index contributed by atoms with van der Waals surface area (Å²) in [7, 11) is 0. The van der Waals surface area contributed by atoms with Crippen molar-refractivity contribution in [1.82, 2.24) is 0 Å². The van der Waals surface area contributed by atoms with Crippen molar-refractivity contribution in [3.05, 3.63) is 0 Å². The lowest BCUT2D eigenvalue weighted by atomic mass is 9.88. The van der Waals surface area contributed by atoms with Crippen molar-refractivity contribution < 1.29 is 20.1 Å². The summed E-state index contributed by atoms with van der Waals surface area (Å²) in [4.78, 5) is 10.3. The molecule has 0 saturated carbocycles. The van der Waals surface area contributed by atoms with Crippen molar-refractivity contribution in [2.75, 3.05) is 13.2 Å². The van der Waals surface area contributed by atoms with Crippen LogP contribution < -0.4 is 5.73 Å². The van der Waals surface area contributed by atoms with E-state index < -0.39 is 11.5 Å². The maximum Gasteiger partial charge on any atom is 0.303 e. The second-order valence-corrected chi connectivity index (χ2v) is 3.92. The number of aliphatic hydroxyl groups is 2. The number of rotatable bonds is 7. The molecule has 0 saturated heterocycles. The Morgan fingerprint density at radius 2 is 1.93 bits per heavy atom. The number of aliphatic carboxylic acids is 1. The van der Waals surface area contributed by atoms with Gasteiger partial charge in [0.05, 0.1) is 18.8 Å². The van der Waals surface area contributed by atoms with Crippen molar-refractivity contribution >= 4 is 5.97 Å². The topological polar surface area (TPSA) is 104 Å². The highest BCUT2D eigenvalue weighted by atomic mass is 16.4. The predicted molar refractivity (Wildman–Crippen MR) is 51.7 cm³/mol. The van der Waals surface area contributed by atoms with Crippen LogP contribution in [-0.2, 0) is 4.79 Å². The molecular formula is C9H19NO4. The zero-order chi connectivity index (χ0) is 11.2. The molecule has 5 nitrogen and oxygen atoms in total. The fourth-order valence-electron chi connectivity index (χ4n) is 1.35. The van der Waals surface area contributed by atoms with Gasteiger partial charge < -0.3 is 21.1 Å². The Morgan fingerprint density at radius 3 is 2.29 bits per heavy atom. The number of aliphatic hydroxyl groups excluding tert-OH is 2. The molecule has 1 unspecified atom stereocenters. The summed E-state index contributed by atoms with van der Waals surface area (Å²) < 4.78 is 0. The van der Waals surface area contributed by atoms with Gasteiger partial charge in [0, 0.05) is 6.42 Å². The summed E-state index contributed by atoms with van der Waals surface area (Å²) >= 11 is 0. The lowest BCUT2D eigenvalue weighted by Gasteiger charge is -2.27. The Morgan fingerprint density at radius 1 is 1.43 bits per heavy atom. The van der Waals surface area contributed by atoms with Gasteiger partial charge in [-0.2, -0.15) is 0 Å². The Hall–Kier alpha value is -0.650. The third kappa shape index (κ3) is 5.16. The number of nitrogens with two attached hydrogens (primary N) is 1. The van der Waals surface area contributed by atoms with Gasteiger partial charge in [-0.3, -0.25) is 4.79 Å². The summed E-state index contributed by atoms with van der Waals surface area (Å²) in [5.74, 6) is -0.761. The number of carboxylic acids is 1. The third-order valence-electron chi connectivity index (χ3n) is 2.24. The van der Waals surface area contributed by atoms with Gasteiger partial charge in [-0.15, -0.1) is 0 Å². The molecule has 0 aromatic carbocycles. The van der Waals surface area contributed by atoms with Crippen LogP contribution in [0, 0.1) is 5.92 Å². The summed E-state index contributed by atoms with van der Waals surface area (Å²) in [5, 5.41) is 26.3. The molecule has 0 fully saturated rings. The van der Waals surface area contributed by atoms with E-state index >= 15 is 0 Å². The van der Waals surface area contributed by atoms with E-state index in [9.17, 15) is 4.79 Å². The molecule has 5 heteroatoms. The number of hydrogen-bond donors (Lipinski definition) is 4. The Labute approximate surface area is 83.5 Å². The average Bonchev–Trinajstić information content (AvgIpc) is 2.14. The molecule has 0 spiro atoms. The van der Waals surface area contributed by atoms with Crippen LogP contribution in [-0.4, -0.2) is 40.0 Å².